The van der Waals surface area contributed by atoms with E-state index in [4.69, 9.17) is 46.4 Å². The molecule has 1 unspecified atom stereocenters. The molecule has 4 rings (SSSR count). The monoisotopic (exact) mass is 473 g/mol. The summed E-state index contributed by atoms with van der Waals surface area (Å²) in [4.78, 5) is 27.0. The number of fused-ring (bicyclic) bond motifs is 4. The van der Waals surface area contributed by atoms with Crippen molar-refractivity contribution in [1.29, 1.82) is 0 Å². The first-order valence-corrected chi connectivity index (χ1v) is 10.8. The molecule has 1 fully saturated rings. The Morgan fingerprint density at radius 2 is 1.86 bits per heavy atom. The van der Waals surface area contributed by atoms with Crippen LogP contribution >= 0.6 is 46.4 Å². The van der Waals surface area contributed by atoms with Crippen LogP contribution in [0.1, 0.15) is 28.4 Å². The molecule has 3 heterocycles. The summed E-state index contributed by atoms with van der Waals surface area (Å²) >= 11 is 24.8. The van der Waals surface area contributed by atoms with Crippen molar-refractivity contribution < 1.29 is 4.79 Å². The summed E-state index contributed by atoms with van der Waals surface area (Å²) in [5.41, 5.74) is 1.39. The molecule has 0 spiro atoms. The van der Waals surface area contributed by atoms with Gasteiger partial charge in [0.15, 0.2) is 0 Å². The largest absolute Gasteiger partial charge is 0.332 e. The number of hydrogen-bond acceptors (Lipinski definition) is 3. The van der Waals surface area contributed by atoms with Crippen LogP contribution in [0.5, 0.6) is 0 Å². The maximum Gasteiger partial charge on any atom is 0.252 e. The maximum atomic E-state index is 12.8. The number of piperidine rings is 1. The molecule has 1 saturated heterocycles. The fourth-order valence-corrected chi connectivity index (χ4v) is 5.13. The number of rotatable bonds is 3. The zero-order valence-electron chi connectivity index (χ0n) is 15.3. The van der Waals surface area contributed by atoms with E-state index in [9.17, 15) is 9.59 Å². The molecule has 154 valence electrons. The fraction of sp³-hybridized carbons (Fsp3) is 0.400. The van der Waals surface area contributed by atoms with Gasteiger partial charge in [-0.2, -0.15) is 0 Å². The summed E-state index contributed by atoms with van der Waals surface area (Å²) in [6.45, 7) is 1.82. The van der Waals surface area contributed by atoms with Gasteiger partial charge in [-0.25, -0.2) is 0 Å². The van der Waals surface area contributed by atoms with Crippen LogP contribution in [0.15, 0.2) is 47.3 Å². The van der Waals surface area contributed by atoms with Crippen molar-refractivity contribution >= 4 is 52.3 Å². The van der Waals surface area contributed by atoms with Crippen LogP contribution in [0, 0.1) is 5.92 Å². The molecular weight excluding hydrogens is 456 g/mol. The third kappa shape index (κ3) is 4.44. The van der Waals surface area contributed by atoms with E-state index in [1.54, 1.807) is 36.4 Å². The standard InChI is InChI=1S/C20H19Cl4N3O2/c21-15-4-1-3-13(8-15)18(29)25-19(20(22,23)24)26-9-12-7-14(11-26)16-5-2-6-17(28)27(16)10-12/h1-6,8,12,14,19H,7,9-11H2,(H,25,29)/t12-,14+,19?/m1/s1. The number of nitrogens with zero attached hydrogens (tertiary/aromatic N) is 2. The van der Waals surface area contributed by atoms with Gasteiger partial charge in [0.1, 0.15) is 6.17 Å². The van der Waals surface area contributed by atoms with E-state index < -0.39 is 9.96 Å². The molecule has 29 heavy (non-hydrogen) atoms. The molecule has 1 aromatic carbocycles. The van der Waals surface area contributed by atoms with Gasteiger partial charge in [-0.1, -0.05) is 58.5 Å². The third-order valence-electron chi connectivity index (χ3n) is 5.54. The van der Waals surface area contributed by atoms with E-state index in [0.29, 0.717) is 30.2 Å². The molecule has 1 aromatic heterocycles. The highest BCUT2D eigenvalue weighted by Gasteiger charge is 2.44. The number of carbonyl (C=O) groups excluding carboxylic acids is 1. The highest BCUT2D eigenvalue weighted by atomic mass is 35.6. The van der Waals surface area contributed by atoms with Crippen molar-refractivity contribution in [2.45, 2.75) is 28.8 Å². The van der Waals surface area contributed by atoms with E-state index in [0.717, 1.165) is 12.1 Å². The minimum absolute atomic E-state index is 0.0119. The number of halogens is 4. The van der Waals surface area contributed by atoms with Crippen LogP contribution in [0.3, 0.4) is 0 Å². The summed E-state index contributed by atoms with van der Waals surface area (Å²) in [7, 11) is 0. The summed E-state index contributed by atoms with van der Waals surface area (Å²) in [6, 6.07) is 11.9. The molecule has 1 N–H and O–H groups in total. The molecule has 9 heteroatoms. The quantitative estimate of drug-likeness (QED) is 0.682. The molecule has 2 aromatic rings. The first kappa shape index (κ1) is 21.0. The number of likely N-dealkylation sites (tertiary alicyclic amines) is 1. The lowest BCUT2D eigenvalue weighted by atomic mass is 9.83. The van der Waals surface area contributed by atoms with Crippen LogP contribution in [0.4, 0.5) is 0 Å². The Kier molecular flexibility index (Phi) is 5.88. The van der Waals surface area contributed by atoms with Crippen LogP contribution in [-0.4, -0.2) is 38.4 Å². The predicted octanol–water partition coefficient (Wildman–Crippen LogP) is 4.05. The summed E-state index contributed by atoms with van der Waals surface area (Å²) in [5.74, 6) is 0.00442. The lowest BCUT2D eigenvalue weighted by Gasteiger charge is -2.47. The topological polar surface area (TPSA) is 54.3 Å². The molecule has 0 aliphatic carbocycles. The van der Waals surface area contributed by atoms with Gasteiger partial charge in [0, 0.05) is 47.9 Å². The van der Waals surface area contributed by atoms with Crippen LogP contribution in [0.25, 0.3) is 0 Å². The van der Waals surface area contributed by atoms with Gasteiger partial charge >= 0.3 is 0 Å². The summed E-state index contributed by atoms with van der Waals surface area (Å²) < 4.78 is 0.112. The maximum absolute atomic E-state index is 12.8. The summed E-state index contributed by atoms with van der Waals surface area (Å²) in [5, 5.41) is 3.31. The zero-order valence-corrected chi connectivity index (χ0v) is 18.3. The number of hydrogen-bond donors (Lipinski definition) is 1. The van der Waals surface area contributed by atoms with Gasteiger partial charge in [0.05, 0.1) is 0 Å². The smallest absolute Gasteiger partial charge is 0.252 e. The van der Waals surface area contributed by atoms with Crippen molar-refractivity contribution in [1.82, 2.24) is 14.8 Å². The number of aromatic nitrogens is 1. The first-order chi connectivity index (χ1) is 13.7. The van der Waals surface area contributed by atoms with E-state index in [1.165, 1.54) is 0 Å². The Morgan fingerprint density at radius 1 is 1.10 bits per heavy atom. The third-order valence-corrected chi connectivity index (χ3v) is 6.39. The lowest BCUT2D eigenvalue weighted by molar-refractivity contribution is 0.0586. The van der Waals surface area contributed by atoms with Crippen molar-refractivity contribution in [3.63, 3.8) is 0 Å². The van der Waals surface area contributed by atoms with Gasteiger partial charge in [-0.05, 0) is 36.6 Å². The number of alkyl halides is 3. The van der Waals surface area contributed by atoms with E-state index in [2.05, 4.69) is 5.32 Å². The number of nitrogens with one attached hydrogen (secondary N) is 1. The van der Waals surface area contributed by atoms with E-state index in [-0.39, 0.29) is 23.3 Å². The molecule has 2 bridgehead atoms. The molecule has 2 aliphatic rings. The Bertz CT molecular complexity index is 988. The van der Waals surface area contributed by atoms with Crippen LogP contribution < -0.4 is 10.9 Å². The molecule has 0 radical (unpaired) electrons. The van der Waals surface area contributed by atoms with Crippen LogP contribution in [0.2, 0.25) is 5.02 Å². The molecule has 0 saturated carbocycles. The molecular formula is C20H19Cl4N3O2. The molecule has 1 amide bonds. The highest BCUT2D eigenvalue weighted by molar-refractivity contribution is 6.68. The highest BCUT2D eigenvalue weighted by Crippen LogP contribution is 2.40. The summed E-state index contributed by atoms with van der Waals surface area (Å²) in [6.07, 6.45) is 0.153. The van der Waals surface area contributed by atoms with Gasteiger partial charge in [-0.15, -0.1) is 0 Å². The number of carbonyl (C=O) groups is 1. The molecule has 3 atom stereocenters. The SMILES string of the molecule is O=C(NC(N1C[C@H]2C[C@@H](C1)c1cccc(=O)n1C2)C(Cl)(Cl)Cl)c1cccc(Cl)c1. The Hall–Kier alpha value is -1.24. The first-order valence-electron chi connectivity index (χ1n) is 9.29. The van der Waals surface area contributed by atoms with Gasteiger partial charge in [-0.3, -0.25) is 14.5 Å². The molecule has 2 aliphatic heterocycles. The minimum Gasteiger partial charge on any atom is -0.332 e. The fourth-order valence-electron chi connectivity index (χ4n) is 4.36. The van der Waals surface area contributed by atoms with Crippen molar-refractivity contribution in [2.24, 2.45) is 5.92 Å². The van der Waals surface area contributed by atoms with E-state index in [1.807, 2.05) is 15.5 Å². The number of amides is 1. The Morgan fingerprint density at radius 3 is 2.59 bits per heavy atom. The minimum atomic E-state index is -1.73. The van der Waals surface area contributed by atoms with Gasteiger partial charge < -0.3 is 9.88 Å². The zero-order chi connectivity index (χ0) is 20.8. The number of benzene rings is 1. The number of pyridine rings is 1. The van der Waals surface area contributed by atoms with Crippen molar-refractivity contribution in [2.75, 3.05) is 13.1 Å². The lowest BCUT2D eigenvalue weighted by Crippen LogP contribution is -2.60. The van der Waals surface area contributed by atoms with Gasteiger partial charge in [0.25, 0.3) is 11.5 Å². The second-order valence-corrected chi connectivity index (χ2v) is 10.4. The van der Waals surface area contributed by atoms with Gasteiger partial charge in [0.2, 0.25) is 3.79 Å². The van der Waals surface area contributed by atoms with Crippen LogP contribution in [-0.2, 0) is 6.54 Å². The van der Waals surface area contributed by atoms with Crippen molar-refractivity contribution in [3.8, 4) is 0 Å². The normalized spacial score (nSPS) is 22.6. The Labute approximate surface area is 188 Å². The second-order valence-electron chi connectivity index (χ2n) is 7.58. The Balaban J connectivity index is 1.59. The average Bonchev–Trinajstić information content (AvgIpc) is 2.66. The van der Waals surface area contributed by atoms with E-state index >= 15 is 0 Å². The average molecular weight is 475 g/mol. The molecule has 5 nitrogen and oxygen atoms in total. The van der Waals surface area contributed by atoms with Crippen molar-refractivity contribution in [3.05, 3.63) is 69.1 Å². The predicted molar refractivity (Wildman–Crippen MR) is 116 cm³/mol. The second kappa shape index (κ2) is 8.12.